The summed E-state index contributed by atoms with van der Waals surface area (Å²) in [6.07, 6.45) is 1.19. The van der Waals surface area contributed by atoms with Crippen molar-refractivity contribution in [1.29, 1.82) is 0 Å². The van der Waals surface area contributed by atoms with Gasteiger partial charge in [-0.05, 0) is 6.07 Å². The monoisotopic (exact) mass is 245 g/mol. The maximum Gasteiger partial charge on any atom is 0.163 e. The van der Waals surface area contributed by atoms with Gasteiger partial charge in [0.15, 0.2) is 11.6 Å². The van der Waals surface area contributed by atoms with Crippen molar-refractivity contribution in [3.05, 3.63) is 40.9 Å². The van der Waals surface area contributed by atoms with Crippen LogP contribution in [0.5, 0.6) is 0 Å². The van der Waals surface area contributed by atoms with Gasteiger partial charge >= 0.3 is 0 Å². The van der Waals surface area contributed by atoms with Gasteiger partial charge in [0.25, 0.3) is 0 Å². The van der Waals surface area contributed by atoms with E-state index in [-0.39, 0.29) is 16.5 Å². The van der Waals surface area contributed by atoms with E-state index in [2.05, 4.69) is 10.2 Å². The molecule has 1 heterocycles. The van der Waals surface area contributed by atoms with Crippen molar-refractivity contribution in [1.82, 2.24) is 14.8 Å². The van der Waals surface area contributed by atoms with Crippen LogP contribution < -0.4 is 0 Å². The van der Waals surface area contributed by atoms with Gasteiger partial charge in [0, 0.05) is 6.07 Å². The van der Waals surface area contributed by atoms with E-state index in [1.54, 1.807) is 0 Å². The average molecular weight is 246 g/mol. The Labute approximate surface area is 94.1 Å². The van der Waals surface area contributed by atoms with E-state index in [0.29, 0.717) is 6.07 Å². The minimum absolute atomic E-state index is 0.0860. The normalized spacial score (nSPS) is 10.8. The number of hydrogen-bond acceptors (Lipinski definition) is 3. The third kappa shape index (κ3) is 1.77. The molecule has 4 nitrogen and oxygen atoms in total. The quantitative estimate of drug-likeness (QED) is 0.876. The minimum atomic E-state index is -0.848. The number of rotatable bonds is 2. The molecule has 0 bridgehead atoms. The third-order valence-electron chi connectivity index (χ3n) is 1.98. The Morgan fingerprint density at radius 2 is 2.12 bits per heavy atom. The zero-order valence-electron chi connectivity index (χ0n) is 7.86. The van der Waals surface area contributed by atoms with Crippen LogP contribution >= 0.6 is 11.6 Å². The van der Waals surface area contributed by atoms with Gasteiger partial charge in [-0.25, -0.2) is 8.78 Å². The van der Waals surface area contributed by atoms with E-state index in [0.717, 1.165) is 10.6 Å². The van der Waals surface area contributed by atoms with Crippen molar-refractivity contribution < 1.29 is 13.9 Å². The lowest BCUT2D eigenvalue weighted by molar-refractivity contribution is 0.268. The molecule has 1 aromatic carbocycles. The summed E-state index contributed by atoms with van der Waals surface area (Å²) in [5.41, 5.74) is -0.0860. The first-order valence-electron chi connectivity index (χ1n) is 4.28. The summed E-state index contributed by atoms with van der Waals surface area (Å²) in [5, 5.41) is 15.9. The second-order valence-corrected chi connectivity index (χ2v) is 3.40. The molecule has 0 unspecified atom stereocenters. The maximum atomic E-state index is 13.5. The Balaban J connectivity index is 2.64. The van der Waals surface area contributed by atoms with Gasteiger partial charge in [0.1, 0.15) is 24.4 Å². The first-order valence-corrected chi connectivity index (χ1v) is 4.66. The van der Waals surface area contributed by atoms with E-state index in [1.165, 1.54) is 6.33 Å². The Hall–Kier alpha value is -1.53. The molecule has 0 fully saturated rings. The minimum Gasteiger partial charge on any atom is -0.388 e. The summed E-state index contributed by atoms with van der Waals surface area (Å²) in [7, 11) is 0. The molecule has 0 saturated heterocycles. The lowest BCUT2D eigenvalue weighted by Crippen LogP contribution is -2.04. The van der Waals surface area contributed by atoms with Crippen LogP contribution in [-0.4, -0.2) is 19.9 Å². The van der Waals surface area contributed by atoms with Crippen LogP contribution in [-0.2, 0) is 6.61 Å². The molecule has 0 aliphatic rings. The molecular weight excluding hydrogens is 240 g/mol. The molecule has 1 N–H and O–H groups in total. The molecular formula is C9H6ClF2N3O. The lowest BCUT2D eigenvalue weighted by atomic mass is 10.3. The van der Waals surface area contributed by atoms with E-state index in [9.17, 15) is 8.78 Å². The molecule has 0 amide bonds. The standard InChI is InChI=1S/C9H6ClF2N3O/c10-6-1-5(11)2-7(12)9(6)15-4-13-14-8(15)3-16/h1-2,4,16H,3H2. The smallest absolute Gasteiger partial charge is 0.163 e. The Bertz CT molecular complexity index is 506. The van der Waals surface area contributed by atoms with Crippen molar-refractivity contribution in [2.24, 2.45) is 0 Å². The highest BCUT2D eigenvalue weighted by Gasteiger charge is 2.15. The van der Waals surface area contributed by atoms with Crippen LogP contribution in [0.15, 0.2) is 18.5 Å². The zero-order chi connectivity index (χ0) is 11.7. The number of hydrogen-bond donors (Lipinski definition) is 1. The van der Waals surface area contributed by atoms with Gasteiger partial charge in [-0.2, -0.15) is 0 Å². The highest BCUT2D eigenvalue weighted by Crippen LogP contribution is 2.25. The number of aliphatic hydroxyl groups is 1. The zero-order valence-corrected chi connectivity index (χ0v) is 8.62. The molecule has 0 aliphatic carbocycles. The lowest BCUT2D eigenvalue weighted by Gasteiger charge is -2.08. The van der Waals surface area contributed by atoms with Gasteiger partial charge in [-0.15, -0.1) is 10.2 Å². The van der Waals surface area contributed by atoms with Crippen LogP contribution in [0.4, 0.5) is 8.78 Å². The van der Waals surface area contributed by atoms with Crippen LogP contribution in [0, 0.1) is 11.6 Å². The molecule has 0 atom stereocenters. The molecule has 0 spiro atoms. The molecule has 2 rings (SSSR count). The molecule has 0 aliphatic heterocycles. The van der Waals surface area contributed by atoms with Gasteiger partial charge in [0.2, 0.25) is 0 Å². The fraction of sp³-hybridized carbons (Fsp3) is 0.111. The Morgan fingerprint density at radius 1 is 1.38 bits per heavy atom. The molecule has 84 valence electrons. The molecule has 0 saturated carbocycles. The second-order valence-electron chi connectivity index (χ2n) is 2.99. The van der Waals surface area contributed by atoms with Gasteiger partial charge in [-0.1, -0.05) is 11.6 Å². The third-order valence-corrected chi connectivity index (χ3v) is 2.27. The molecule has 1 aromatic heterocycles. The average Bonchev–Trinajstić information content (AvgIpc) is 2.64. The highest BCUT2D eigenvalue weighted by atomic mass is 35.5. The summed E-state index contributed by atoms with van der Waals surface area (Å²) in [5.74, 6) is -1.50. The number of benzene rings is 1. The van der Waals surface area contributed by atoms with Crippen LogP contribution in [0.2, 0.25) is 5.02 Å². The SMILES string of the molecule is OCc1nncn1-c1c(F)cc(F)cc1Cl. The largest absolute Gasteiger partial charge is 0.388 e. The summed E-state index contributed by atoms with van der Waals surface area (Å²) in [6.45, 7) is -0.423. The van der Waals surface area contributed by atoms with Crippen molar-refractivity contribution in [2.75, 3.05) is 0 Å². The molecule has 2 aromatic rings. The fourth-order valence-corrected chi connectivity index (χ4v) is 1.60. The summed E-state index contributed by atoms with van der Waals surface area (Å²) < 4.78 is 27.5. The summed E-state index contributed by atoms with van der Waals surface area (Å²) in [4.78, 5) is 0. The van der Waals surface area contributed by atoms with Crippen molar-refractivity contribution in [3.63, 3.8) is 0 Å². The van der Waals surface area contributed by atoms with Gasteiger partial charge in [0.05, 0.1) is 5.02 Å². The number of halogens is 3. The first kappa shape index (κ1) is 11.0. The predicted octanol–water partition coefficient (Wildman–Crippen LogP) is 1.69. The summed E-state index contributed by atoms with van der Waals surface area (Å²) in [6, 6.07) is 1.67. The molecule has 0 radical (unpaired) electrons. The predicted molar refractivity (Wildman–Crippen MR) is 52.2 cm³/mol. The van der Waals surface area contributed by atoms with Crippen LogP contribution in [0.1, 0.15) is 5.82 Å². The van der Waals surface area contributed by atoms with Gasteiger partial charge in [-0.3, -0.25) is 4.57 Å². The topological polar surface area (TPSA) is 50.9 Å². The number of nitrogens with zero attached hydrogens (tertiary/aromatic N) is 3. The Kier molecular flexibility index (Phi) is 2.84. The van der Waals surface area contributed by atoms with E-state index in [4.69, 9.17) is 16.7 Å². The summed E-state index contributed by atoms with van der Waals surface area (Å²) >= 11 is 5.72. The van der Waals surface area contributed by atoms with E-state index >= 15 is 0 Å². The molecule has 7 heteroatoms. The van der Waals surface area contributed by atoms with Crippen molar-refractivity contribution >= 4 is 11.6 Å². The highest BCUT2D eigenvalue weighted by molar-refractivity contribution is 6.32. The number of aromatic nitrogens is 3. The second kappa shape index (κ2) is 4.15. The first-order chi connectivity index (χ1) is 7.63. The van der Waals surface area contributed by atoms with E-state index in [1.807, 2.05) is 0 Å². The Morgan fingerprint density at radius 3 is 2.75 bits per heavy atom. The van der Waals surface area contributed by atoms with Crippen molar-refractivity contribution in [3.8, 4) is 5.69 Å². The number of aliphatic hydroxyl groups excluding tert-OH is 1. The van der Waals surface area contributed by atoms with Crippen LogP contribution in [0.25, 0.3) is 5.69 Å². The van der Waals surface area contributed by atoms with Gasteiger partial charge < -0.3 is 5.11 Å². The molecule has 16 heavy (non-hydrogen) atoms. The van der Waals surface area contributed by atoms with Crippen LogP contribution in [0.3, 0.4) is 0 Å². The van der Waals surface area contributed by atoms with Crippen molar-refractivity contribution in [2.45, 2.75) is 6.61 Å². The fourth-order valence-electron chi connectivity index (χ4n) is 1.32. The van der Waals surface area contributed by atoms with E-state index < -0.39 is 18.2 Å². The maximum absolute atomic E-state index is 13.5.